The molecule has 0 aliphatic heterocycles. The molecule has 2 aromatic carbocycles. The number of non-ortho nitro benzene ring substituents is 1. The molecule has 2 rings (SSSR count). The number of carbonyl (C=O) groups excluding carboxylic acids is 1. The first-order valence-corrected chi connectivity index (χ1v) is 9.60. The molecule has 0 saturated heterocycles. The van der Waals surface area contributed by atoms with Crippen LogP contribution in [0.5, 0.6) is 11.5 Å². The van der Waals surface area contributed by atoms with Gasteiger partial charge in [0.1, 0.15) is 16.4 Å². The van der Waals surface area contributed by atoms with Gasteiger partial charge in [0.25, 0.3) is 21.6 Å². The number of amides is 1. The van der Waals surface area contributed by atoms with Gasteiger partial charge in [-0.15, -0.1) is 0 Å². The molecular weight excluding hydrogens is 390 g/mol. The Morgan fingerprint density at radius 3 is 2.61 bits per heavy atom. The lowest BCUT2D eigenvalue weighted by atomic mass is 10.3. The first-order chi connectivity index (χ1) is 13.3. The van der Waals surface area contributed by atoms with E-state index in [1.165, 1.54) is 31.4 Å². The summed E-state index contributed by atoms with van der Waals surface area (Å²) in [7, 11) is -2.92. The minimum atomic E-state index is -4.18. The van der Waals surface area contributed by atoms with Crippen LogP contribution in [0.2, 0.25) is 0 Å². The fourth-order valence-corrected chi connectivity index (χ4v) is 3.48. The van der Waals surface area contributed by atoms with Crippen LogP contribution in [0.1, 0.15) is 6.92 Å². The number of anilines is 1. The quantitative estimate of drug-likeness (QED) is 0.477. The molecular formula is C17H19N3O7S. The molecule has 0 atom stereocenters. The van der Waals surface area contributed by atoms with Crippen LogP contribution in [-0.4, -0.2) is 39.5 Å². The maximum absolute atomic E-state index is 12.7. The SMILES string of the molecule is CCNC(=O)COc1cccc(NS(=O)(=O)c2cc([N+](=O)[O-])ccc2OC)c1. The normalized spacial score (nSPS) is 10.8. The minimum absolute atomic E-state index is 0.0401. The van der Waals surface area contributed by atoms with Gasteiger partial charge in [0.05, 0.1) is 17.7 Å². The number of sulfonamides is 1. The Kier molecular flexibility index (Phi) is 6.77. The number of hydrogen-bond acceptors (Lipinski definition) is 7. The average Bonchev–Trinajstić information content (AvgIpc) is 2.66. The van der Waals surface area contributed by atoms with Crippen molar-refractivity contribution in [3.63, 3.8) is 0 Å². The van der Waals surface area contributed by atoms with Crippen molar-refractivity contribution < 1.29 is 27.6 Å². The number of nitro benzene ring substituents is 1. The van der Waals surface area contributed by atoms with Gasteiger partial charge in [0.2, 0.25) is 0 Å². The van der Waals surface area contributed by atoms with Crippen LogP contribution in [0.3, 0.4) is 0 Å². The number of hydrogen-bond donors (Lipinski definition) is 2. The number of ether oxygens (including phenoxy) is 2. The van der Waals surface area contributed by atoms with Crippen LogP contribution in [0, 0.1) is 10.1 Å². The number of nitro groups is 1. The minimum Gasteiger partial charge on any atom is -0.495 e. The van der Waals surface area contributed by atoms with Crippen molar-refractivity contribution in [3.8, 4) is 11.5 Å². The number of methoxy groups -OCH3 is 1. The first kappa shape index (κ1) is 21.0. The van der Waals surface area contributed by atoms with E-state index < -0.39 is 14.9 Å². The van der Waals surface area contributed by atoms with Crippen molar-refractivity contribution in [2.24, 2.45) is 0 Å². The van der Waals surface area contributed by atoms with Crippen LogP contribution < -0.4 is 19.5 Å². The van der Waals surface area contributed by atoms with E-state index in [9.17, 15) is 23.3 Å². The summed E-state index contributed by atoms with van der Waals surface area (Å²) in [5, 5.41) is 13.5. The lowest BCUT2D eigenvalue weighted by Crippen LogP contribution is -2.28. The topological polar surface area (TPSA) is 137 Å². The van der Waals surface area contributed by atoms with Crippen molar-refractivity contribution in [1.29, 1.82) is 0 Å². The van der Waals surface area contributed by atoms with Crippen LogP contribution in [-0.2, 0) is 14.8 Å². The highest BCUT2D eigenvalue weighted by Gasteiger charge is 2.23. The summed E-state index contributed by atoms with van der Waals surface area (Å²) in [5.74, 6) is -0.0750. The molecule has 0 unspecified atom stereocenters. The van der Waals surface area contributed by atoms with Crippen molar-refractivity contribution in [3.05, 3.63) is 52.6 Å². The Labute approximate surface area is 161 Å². The molecule has 0 heterocycles. The average molecular weight is 409 g/mol. The highest BCUT2D eigenvalue weighted by molar-refractivity contribution is 7.92. The zero-order valence-electron chi connectivity index (χ0n) is 15.2. The Morgan fingerprint density at radius 2 is 1.96 bits per heavy atom. The molecule has 0 fully saturated rings. The summed E-state index contributed by atoms with van der Waals surface area (Å²) in [4.78, 5) is 21.3. The van der Waals surface area contributed by atoms with E-state index in [-0.39, 0.29) is 40.3 Å². The van der Waals surface area contributed by atoms with Crippen molar-refractivity contribution in [1.82, 2.24) is 5.32 Å². The lowest BCUT2D eigenvalue weighted by molar-refractivity contribution is -0.385. The summed E-state index contributed by atoms with van der Waals surface area (Å²) in [5.41, 5.74) is -0.234. The van der Waals surface area contributed by atoms with E-state index in [2.05, 4.69) is 10.0 Å². The number of rotatable bonds is 9. The fraction of sp³-hybridized carbons (Fsp3) is 0.235. The number of likely N-dealkylation sites (N-methyl/N-ethyl adjacent to an activating group) is 1. The molecule has 0 bridgehead atoms. The van der Waals surface area contributed by atoms with Gasteiger partial charge in [-0.1, -0.05) is 6.07 Å². The summed E-state index contributed by atoms with van der Waals surface area (Å²) < 4.78 is 38.0. The summed E-state index contributed by atoms with van der Waals surface area (Å²) >= 11 is 0. The van der Waals surface area contributed by atoms with E-state index >= 15 is 0 Å². The Hall–Kier alpha value is -3.34. The molecule has 0 radical (unpaired) electrons. The van der Waals surface area contributed by atoms with Crippen molar-refractivity contribution >= 4 is 27.3 Å². The van der Waals surface area contributed by atoms with Crippen molar-refractivity contribution in [2.75, 3.05) is 25.0 Å². The second-order valence-corrected chi connectivity index (χ2v) is 7.12. The summed E-state index contributed by atoms with van der Waals surface area (Å²) in [6.45, 7) is 2.02. The molecule has 0 aliphatic rings. The van der Waals surface area contributed by atoms with Crippen LogP contribution in [0.4, 0.5) is 11.4 Å². The van der Waals surface area contributed by atoms with Gasteiger partial charge in [-0.3, -0.25) is 19.6 Å². The van der Waals surface area contributed by atoms with Gasteiger partial charge in [0.15, 0.2) is 6.61 Å². The number of carbonyl (C=O) groups is 1. The highest BCUT2D eigenvalue weighted by atomic mass is 32.2. The van der Waals surface area contributed by atoms with Gasteiger partial charge < -0.3 is 14.8 Å². The molecule has 10 nitrogen and oxygen atoms in total. The predicted octanol–water partition coefficient (Wildman–Crippen LogP) is 1.92. The van der Waals surface area contributed by atoms with Gasteiger partial charge in [-0.25, -0.2) is 8.42 Å². The lowest BCUT2D eigenvalue weighted by Gasteiger charge is -2.12. The van der Waals surface area contributed by atoms with Gasteiger partial charge in [-0.2, -0.15) is 0 Å². The maximum atomic E-state index is 12.7. The van der Waals surface area contributed by atoms with E-state index in [0.29, 0.717) is 6.54 Å². The van der Waals surface area contributed by atoms with Crippen LogP contribution in [0.25, 0.3) is 0 Å². The summed E-state index contributed by atoms with van der Waals surface area (Å²) in [6.07, 6.45) is 0. The monoisotopic (exact) mass is 409 g/mol. The van der Waals surface area contributed by atoms with E-state index in [1.807, 2.05) is 0 Å². The molecule has 0 aliphatic carbocycles. The van der Waals surface area contributed by atoms with E-state index in [1.54, 1.807) is 13.0 Å². The standard InChI is InChI=1S/C17H19N3O7S/c1-3-18-17(21)11-27-14-6-4-5-12(9-14)19-28(24,25)16-10-13(20(22)23)7-8-15(16)26-2/h4-10,19H,3,11H2,1-2H3,(H,18,21). The molecule has 2 aromatic rings. The molecule has 11 heteroatoms. The second-order valence-electron chi connectivity index (χ2n) is 5.47. The Bertz CT molecular complexity index is 976. The van der Waals surface area contributed by atoms with Gasteiger partial charge in [-0.05, 0) is 25.1 Å². The first-order valence-electron chi connectivity index (χ1n) is 8.11. The number of nitrogens with zero attached hydrogens (tertiary/aromatic N) is 1. The summed E-state index contributed by atoms with van der Waals surface area (Å²) in [6, 6.07) is 9.23. The van der Waals surface area contributed by atoms with Crippen LogP contribution in [0.15, 0.2) is 47.4 Å². The molecule has 0 spiro atoms. The third kappa shape index (κ3) is 5.33. The maximum Gasteiger partial charge on any atom is 0.271 e. The molecule has 150 valence electrons. The van der Waals surface area contributed by atoms with Crippen LogP contribution >= 0.6 is 0 Å². The molecule has 2 N–H and O–H groups in total. The smallest absolute Gasteiger partial charge is 0.271 e. The molecule has 28 heavy (non-hydrogen) atoms. The number of nitrogens with one attached hydrogen (secondary N) is 2. The van der Waals surface area contributed by atoms with Gasteiger partial charge in [0, 0.05) is 24.7 Å². The Balaban J connectivity index is 2.25. The second kappa shape index (κ2) is 9.04. The predicted molar refractivity (Wildman–Crippen MR) is 101 cm³/mol. The largest absolute Gasteiger partial charge is 0.495 e. The van der Waals surface area contributed by atoms with Gasteiger partial charge >= 0.3 is 0 Å². The Morgan fingerprint density at radius 1 is 1.21 bits per heavy atom. The zero-order chi connectivity index (χ0) is 20.7. The van der Waals surface area contributed by atoms with E-state index in [4.69, 9.17) is 9.47 Å². The van der Waals surface area contributed by atoms with Crippen molar-refractivity contribution in [2.45, 2.75) is 11.8 Å². The molecule has 0 aromatic heterocycles. The molecule has 0 saturated carbocycles. The van der Waals surface area contributed by atoms with E-state index in [0.717, 1.165) is 12.1 Å². The molecule has 1 amide bonds. The third-order valence-electron chi connectivity index (χ3n) is 3.48. The highest BCUT2D eigenvalue weighted by Crippen LogP contribution is 2.30. The fourth-order valence-electron chi connectivity index (χ4n) is 2.25. The zero-order valence-corrected chi connectivity index (χ0v) is 16.0. The number of benzene rings is 2. The third-order valence-corrected chi connectivity index (χ3v) is 4.88.